The number of nitrogens with zero attached hydrogens (tertiary/aromatic N) is 2. The molecule has 0 spiro atoms. The quantitative estimate of drug-likeness (QED) is 0.299. The summed E-state index contributed by atoms with van der Waals surface area (Å²) in [4.78, 5) is 28.3. The molecule has 2 unspecified atom stereocenters. The van der Waals surface area contributed by atoms with Crippen LogP contribution in [0.2, 0.25) is 10.0 Å². The largest absolute Gasteiger partial charge is 0.352 e. The lowest BCUT2D eigenvalue weighted by Gasteiger charge is -2.32. The van der Waals surface area contributed by atoms with E-state index in [9.17, 15) is 18.0 Å². The third kappa shape index (κ3) is 8.21. The summed E-state index contributed by atoms with van der Waals surface area (Å²) in [5.74, 6) is -0.823. The van der Waals surface area contributed by atoms with E-state index in [2.05, 4.69) is 5.32 Å². The van der Waals surface area contributed by atoms with Gasteiger partial charge >= 0.3 is 0 Å². The van der Waals surface area contributed by atoms with E-state index in [1.54, 1.807) is 25.1 Å². The van der Waals surface area contributed by atoms with Crippen molar-refractivity contribution in [2.24, 2.45) is 0 Å². The minimum atomic E-state index is -4.18. The van der Waals surface area contributed by atoms with Crippen molar-refractivity contribution in [3.63, 3.8) is 0 Å². The molecule has 0 bridgehead atoms. The predicted molar refractivity (Wildman–Crippen MR) is 157 cm³/mol. The van der Waals surface area contributed by atoms with Crippen LogP contribution in [0, 0.1) is 0 Å². The van der Waals surface area contributed by atoms with Crippen LogP contribution in [0.25, 0.3) is 0 Å². The van der Waals surface area contributed by atoms with E-state index >= 15 is 0 Å². The Morgan fingerprint density at radius 1 is 0.897 bits per heavy atom. The van der Waals surface area contributed by atoms with E-state index in [1.165, 1.54) is 35.2 Å². The highest BCUT2D eigenvalue weighted by molar-refractivity contribution is 7.92. The van der Waals surface area contributed by atoms with Crippen LogP contribution in [0.3, 0.4) is 0 Å². The SMILES string of the molecule is CCC(C)NC(=O)C(C)N(CCc1ccccc1)C(=O)CN(c1cccc(Cl)c1)S(=O)(=O)c1ccc(Cl)cc1. The van der Waals surface area contributed by atoms with Crippen molar-refractivity contribution in [1.29, 1.82) is 0 Å². The second kappa shape index (κ2) is 13.8. The normalized spacial score (nSPS) is 12.8. The maximum atomic E-state index is 13.9. The summed E-state index contributed by atoms with van der Waals surface area (Å²) >= 11 is 12.2. The standard InChI is InChI=1S/C29H33Cl2N3O4S/c1-4-21(2)32-29(36)22(3)33(18-17-23-9-6-5-7-10-23)28(35)20-34(26-12-8-11-25(31)19-26)39(37,38)27-15-13-24(30)14-16-27/h5-16,19,21-22H,4,17-18,20H2,1-3H3,(H,32,36). The average Bonchev–Trinajstić information content (AvgIpc) is 2.92. The molecule has 208 valence electrons. The molecule has 0 aliphatic rings. The monoisotopic (exact) mass is 589 g/mol. The van der Waals surface area contributed by atoms with Crippen molar-refractivity contribution in [3.05, 3.63) is 94.5 Å². The Labute approximate surface area is 240 Å². The highest BCUT2D eigenvalue weighted by atomic mass is 35.5. The van der Waals surface area contributed by atoms with Gasteiger partial charge in [-0.3, -0.25) is 13.9 Å². The lowest BCUT2D eigenvalue weighted by atomic mass is 10.1. The highest BCUT2D eigenvalue weighted by Crippen LogP contribution is 2.27. The molecule has 2 atom stereocenters. The summed E-state index contributed by atoms with van der Waals surface area (Å²) in [6.07, 6.45) is 1.23. The Morgan fingerprint density at radius 2 is 1.56 bits per heavy atom. The zero-order valence-corrected chi connectivity index (χ0v) is 24.5. The molecule has 0 heterocycles. The van der Waals surface area contributed by atoms with Crippen molar-refractivity contribution in [1.82, 2.24) is 10.2 Å². The molecular weight excluding hydrogens is 557 g/mol. The maximum absolute atomic E-state index is 13.9. The van der Waals surface area contributed by atoms with Gasteiger partial charge in [-0.25, -0.2) is 8.42 Å². The first-order valence-corrected chi connectivity index (χ1v) is 14.9. The number of hydrogen-bond donors (Lipinski definition) is 1. The van der Waals surface area contributed by atoms with Gasteiger partial charge in [-0.15, -0.1) is 0 Å². The average molecular weight is 591 g/mol. The molecule has 3 aromatic carbocycles. The van der Waals surface area contributed by atoms with E-state index in [-0.39, 0.29) is 29.1 Å². The van der Waals surface area contributed by atoms with Gasteiger partial charge in [0.05, 0.1) is 10.6 Å². The predicted octanol–water partition coefficient (Wildman–Crippen LogP) is 5.56. The zero-order chi connectivity index (χ0) is 28.6. The molecule has 0 radical (unpaired) electrons. The van der Waals surface area contributed by atoms with Crippen LogP contribution in [-0.2, 0) is 26.0 Å². The third-order valence-corrected chi connectivity index (χ3v) is 8.70. The first-order chi connectivity index (χ1) is 18.5. The summed E-state index contributed by atoms with van der Waals surface area (Å²) < 4.78 is 28.6. The molecule has 0 aliphatic carbocycles. The molecule has 2 amide bonds. The fourth-order valence-electron chi connectivity index (χ4n) is 3.93. The molecule has 3 rings (SSSR count). The molecule has 0 saturated heterocycles. The van der Waals surface area contributed by atoms with Gasteiger partial charge in [0.25, 0.3) is 10.0 Å². The fraction of sp³-hybridized carbons (Fsp3) is 0.310. The van der Waals surface area contributed by atoms with Gasteiger partial charge in [0.1, 0.15) is 12.6 Å². The molecule has 0 saturated carbocycles. The van der Waals surface area contributed by atoms with Crippen molar-refractivity contribution in [2.75, 3.05) is 17.4 Å². The Balaban J connectivity index is 1.97. The molecule has 39 heavy (non-hydrogen) atoms. The fourth-order valence-corrected chi connectivity index (χ4v) is 5.65. The summed E-state index contributed by atoms with van der Waals surface area (Å²) in [6.45, 7) is 5.19. The van der Waals surface area contributed by atoms with Gasteiger partial charge in [0.15, 0.2) is 0 Å². The first-order valence-electron chi connectivity index (χ1n) is 12.7. The van der Waals surface area contributed by atoms with E-state index < -0.39 is 28.5 Å². The van der Waals surface area contributed by atoms with Crippen LogP contribution in [0.4, 0.5) is 5.69 Å². The molecule has 10 heteroatoms. The smallest absolute Gasteiger partial charge is 0.264 e. The van der Waals surface area contributed by atoms with E-state index in [0.717, 1.165) is 16.3 Å². The molecule has 1 N–H and O–H groups in total. The second-order valence-electron chi connectivity index (χ2n) is 9.26. The number of halogens is 2. The van der Waals surface area contributed by atoms with Crippen molar-refractivity contribution in [2.45, 2.75) is 50.6 Å². The molecule has 0 aromatic heterocycles. The van der Waals surface area contributed by atoms with Crippen LogP contribution in [-0.4, -0.2) is 50.3 Å². The van der Waals surface area contributed by atoms with Crippen LogP contribution in [0.1, 0.15) is 32.8 Å². The topological polar surface area (TPSA) is 86.8 Å². The van der Waals surface area contributed by atoms with Gasteiger partial charge < -0.3 is 10.2 Å². The number of carbonyl (C=O) groups excluding carboxylic acids is 2. The molecule has 0 fully saturated rings. The number of nitrogens with one attached hydrogen (secondary N) is 1. The minimum absolute atomic E-state index is 0.0296. The lowest BCUT2D eigenvalue weighted by molar-refractivity contribution is -0.139. The Morgan fingerprint density at radius 3 is 2.18 bits per heavy atom. The highest BCUT2D eigenvalue weighted by Gasteiger charge is 2.32. The number of benzene rings is 3. The van der Waals surface area contributed by atoms with E-state index in [1.807, 2.05) is 44.2 Å². The van der Waals surface area contributed by atoms with Crippen LogP contribution in [0.15, 0.2) is 83.8 Å². The van der Waals surface area contributed by atoms with Crippen molar-refractivity contribution >= 4 is 50.7 Å². The number of sulfonamides is 1. The summed E-state index contributed by atoms with van der Waals surface area (Å²) in [7, 11) is -4.18. The maximum Gasteiger partial charge on any atom is 0.264 e. The van der Waals surface area contributed by atoms with Gasteiger partial charge in [-0.2, -0.15) is 0 Å². The van der Waals surface area contributed by atoms with Crippen LogP contribution in [0.5, 0.6) is 0 Å². The Bertz CT molecular complexity index is 1370. The Kier molecular flexibility index (Phi) is 10.8. The number of amides is 2. The van der Waals surface area contributed by atoms with E-state index in [4.69, 9.17) is 23.2 Å². The molecular formula is C29H33Cl2N3O4S. The Hall–Kier alpha value is -3.07. The first kappa shape index (κ1) is 30.5. The molecule has 3 aromatic rings. The number of carbonyl (C=O) groups is 2. The summed E-state index contributed by atoms with van der Waals surface area (Å²) in [5, 5.41) is 3.62. The van der Waals surface area contributed by atoms with Crippen molar-refractivity contribution < 1.29 is 18.0 Å². The van der Waals surface area contributed by atoms with Crippen LogP contribution < -0.4 is 9.62 Å². The minimum Gasteiger partial charge on any atom is -0.352 e. The molecule has 7 nitrogen and oxygen atoms in total. The third-order valence-electron chi connectivity index (χ3n) is 6.43. The van der Waals surface area contributed by atoms with Gasteiger partial charge in [0.2, 0.25) is 11.8 Å². The van der Waals surface area contributed by atoms with Crippen LogP contribution >= 0.6 is 23.2 Å². The lowest BCUT2D eigenvalue weighted by Crippen LogP contribution is -2.53. The van der Waals surface area contributed by atoms with E-state index in [0.29, 0.717) is 16.5 Å². The number of anilines is 1. The summed E-state index contributed by atoms with van der Waals surface area (Å²) in [6, 6.07) is 20.7. The van der Waals surface area contributed by atoms with Gasteiger partial charge in [0, 0.05) is 22.6 Å². The summed E-state index contributed by atoms with van der Waals surface area (Å²) in [5.41, 5.74) is 1.22. The second-order valence-corrected chi connectivity index (χ2v) is 12.0. The van der Waals surface area contributed by atoms with Crippen molar-refractivity contribution in [3.8, 4) is 0 Å². The number of rotatable bonds is 12. The van der Waals surface area contributed by atoms with Gasteiger partial charge in [-0.1, -0.05) is 66.5 Å². The zero-order valence-electron chi connectivity index (χ0n) is 22.2. The number of hydrogen-bond acceptors (Lipinski definition) is 4. The van der Waals surface area contributed by atoms with Gasteiger partial charge in [-0.05, 0) is 74.7 Å². The molecule has 0 aliphatic heterocycles.